The minimum absolute atomic E-state index is 0.194. The number of amides is 1. The molecule has 8 nitrogen and oxygen atoms in total. The molecule has 0 radical (unpaired) electrons. The molecule has 8 heteroatoms. The molecule has 2 rings (SSSR count). The Balaban J connectivity index is 1.96. The summed E-state index contributed by atoms with van der Waals surface area (Å²) >= 11 is 0. The van der Waals surface area contributed by atoms with E-state index in [2.05, 4.69) is 25.9 Å². The predicted molar refractivity (Wildman–Crippen MR) is 67.0 cm³/mol. The van der Waals surface area contributed by atoms with Crippen molar-refractivity contribution in [3.05, 3.63) is 35.2 Å². The molecular formula is C11H14N6O2. The van der Waals surface area contributed by atoms with Crippen molar-refractivity contribution in [2.75, 3.05) is 5.43 Å². The van der Waals surface area contributed by atoms with Crippen molar-refractivity contribution in [2.45, 2.75) is 20.4 Å². The fourth-order valence-corrected chi connectivity index (χ4v) is 1.39. The van der Waals surface area contributed by atoms with Crippen molar-refractivity contribution >= 4 is 11.7 Å². The molecule has 0 atom stereocenters. The molecule has 0 fully saturated rings. The minimum atomic E-state index is -0.357. The molecule has 19 heavy (non-hydrogen) atoms. The Morgan fingerprint density at radius 2 is 2.16 bits per heavy atom. The second kappa shape index (κ2) is 5.44. The largest absolute Gasteiger partial charge is 0.444 e. The maximum atomic E-state index is 11.8. The Morgan fingerprint density at radius 3 is 2.68 bits per heavy atom. The normalized spacial score (nSPS) is 10.3. The number of hydrogen-bond acceptors (Lipinski definition) is 7. The van der Waals surface area contributed by atoms with Crippen LogP contribution in [0, 0.1) is 13.8 Å². The molecule has 0 spiro atoms. The van der Waals surface area contributed by atoms with Gasteiger partial charge in [0.05, 0.1) is 12.2 Å². The quantitative estimate of drug-likeness (QED) is 0.535. The van der Waals surface area contributed by atoms with Crippen LogP contribution in [-0.4, -0.2) is 21.1 Å². The summed E-state index contributed by atoms with van der Waals surface area (Å²) in [6.07, 6.45) is 0. The maximum Gasteiger partial charge on any atom is 0.272 e. The van der Waals surface area contributed by atoms with Crippen molar-refractivity contribution in [3.63, 3.8) is 0 Å². The smallest absolute Gasteiger partial charge is 0.272 e. The van der Waals surface area contributed by atoms with Crippen molar-refractivity contribution in [1.82, 2.24) is 20.5 Å². The van der Waals surface area contributed by atoms with Gasteiger partial charge in [-0.1, -0.05) is 0 Å². The molecular weight excluding hydrogens is 248 g/mol. The number of nitrogens with one attached hydrogen (secondary N) is 2. The summed E-state index contributed by atoms with van der Waals surface area (Å²) in [4.78, 5) is 15.9. The highest BCUT2D eigenvalue weighted by Gasteiger charge is 2.10. The van der Waals surface area contributed by atoms with Crippen LogP contribution in [-0.2, 0) is 6.54 Å². The lowest BCUT2D eigenvalue weighted by molar-refractivity contribution is 0.0941. The van der Waals surface area contributed by atoms with Gasteiger partial charge in [0, 0.05) is 0 Å². The molecule has 100 valence electrons. The summed E-state index contributed by atoms with van der Waals surface area (Å²) < 4.78 is 5.35. The zero-order valence-corrected chi connectivity index (χ0v) is 10.6. The third-order valence-electron chi connectivity index (χ3n) is 2.52. The Kier molecular flexibility index (Phi) is 3.71. The highest BCUT2D eigenvalue weighted by molar-refractivity contribution is 5.92. The Morgan fingerprint density at radius 1 is 1.37 bits per heavy atom. The topological polar surface area (TPSA) is 119 Å². The summed E-state index contributed by atoms with van der Waals surface area (Å²) in [6.45, 7) is 3.86. The monoisotopic (exact) mass is 262 g/mol. The second-order valence-electron chi connectivity index (χ2n) is 3.88. The fourth-order valence-electron chi connectivity index (χ4n) is 1.39. The highest BCUT2D eigenvalue weighted by atomic mass is 16.4. The van der Waals surface area contributed by atoms with E-state index in [0.29, 0.717) is 11.7 Å². The lowest BCUT2D eigenvalue weighted by Crippen LogP contribution is -2.24. The lowest BCUT2D eigenvalue weighted by atomic mass is 10.3. The van der Waals surface area contributed by atoms with Gasteiger partial charge in [0.25, 0.3) is 5.91 Å². The van der Waals surface area contributed by atoms with Gasteiger partial charge in [-0.15, -0.1) is 10.2 Å². The van der Waals surface area contributed by atoms with Crippen molar-refractivity contribution in [1.29, 1.82) is 0 Å². The fraction of sp³-hybridized carbons (Fsp3) is 0.273. The van der Waals surface area contributed by atoms with Gasteiger partial charge in [0.1, 0.15) is 5.76 Å². The lowest BCUT2D eigenvalue weighted by Gasteiger charge is -2.02. The number of nitrogen functional groups attached to an aromatic ring is 1. The first-order valence-electron chi connectivity index (χ1n) is 5.61. The van der Waals surface area contributed by atoms with Crippen LogP contribution >= 0.6 is 0 Å². The van der Waals surface area contributed by atoms with Crippen molar-refractivity contribution in [3.8, 4) is 0 Å². The number of aryl methyl sites for hydroxylation is 2. The van der Waals surface area contributed by atoms with E-state index in [0.717, 1.165) is 11.5 Å². The molecule has 2 heterocycles. The third kappa shape index (κ3) is 3.05. The number of aromatic nitrogens is 3. The number of carbonyl (C=O) groups is 1. The average Bonchev–Trinajstić information content (AvgIpc) is 2.75. The van der Waals surface area contributed by atoms with Gasteiger partial charge in [-0.2, -0.15) is 0 Å². The van der Waals surface area contributed by atoms with E-state index in [4.69, 9.17) is 10.3 Å². The summed E-state index contributed by atoms with van der Waals surface area (Å²) in [5.74, 6) is 6.37. The van der Waals surface area contributed by atoms with Gasteiger partial charge in [0.15, 0.2) is 11.5 Å². The molecule has 0 saturated carbocycles. The van der Waals surface area contributed by atoms with E-state index in [-0.39, 0.29) is 18.1 Å². The summed E-state index contributed by atoms with van der Waals surface area (Å²) in [6, 6.07) is 3.07. The van der Waals surface area contributed by atoms with Crippen LogP contribution in [0.4, 0.5) is 5.82 Å². The van der Waals surface area contributed by atoms with E-state index < -0.39 is 0 Å². The van der Waals surface area contributed by atoms with Gasteiger partial charge < -0.3 is 15.2 Å². The first-order valence-corrected chi connectivity index (χ1v) is 5.61. The summed E-state index contributed by atoms with van der Waals surface area (Å²) in [5, 5.41) is 10.1. The average molecular weight is 262 g/mol. The molecule has 0 aromatic carbocycles. The second-order valence-corrected chi connectivity index (χ2v) is 3.88. The van der Waals surface area contributed by atoms with Crippen molar-refractivity contribution in [2.24, 2.45) is 5.84 Å². The van der Waals surface area contributed by atoms with Crippen LogP contribution in [0.3, 0.4) is 0 Å². The van der Waals surface area contributed by atoms with E-state index in [1.807, 2.05) is 13.8 Å². The van der Waals surface area contributed by atoms with Crippen LogP contribution < -0.4 is 16.6 Å². The predicted octanol–water partition coefficient (Wildman–Crippen LogP) is 0.297. The van der Waals surface area contributed by atoms with Gasteiger partial charge in [-0.25, -0.2) is 10.8 Å². The molecule has 0 aliphatic heterocycles. The number of rotatable bonds is 4. The van der Waals surface area contributed by atoms with Gasteiger partial charge in [-0.05, 0) is 26.0 Å². The molecule has 0 bridgehead atoms. The summed E-state index contributed by atoms with van der Waals surface area (Å²) in [7, 11) is 0. The van der Waals surface area contributed by atoms with E-state index in [9.17, 15) is 4.79 Å². The standard InChI is InChI=1S/C11H14N6O2/c1-6-7(2)19-10(14-6)5-13-11(18)8-3-4-9(15-12)17-16-8/h3-4H,5,12H2,1-2H3,(H,13,18)(H,15,17). The molecule has 2 aromatic rings. The van der Waals surface area contributed by atoms with Crippen LogP contribution in [0.25, 0.3) is 0 Å². The molecule has 1 amide bonds. The van der Waals surface area contributed by atoms with E-state index in [1.165, 1.54) is 6.07 Å². The van der Waals surface area contributed by atoms with Crippen LogP contribution in [0.15, 0.2) is 16.5 Å². The van der Waals surface area contributed by atoms with Gasteiger partial charge in [-0.3, -0.25) is 4.79 Å². The first-order chi connectivity index (χ1) is 9.10. The number of hydrogen-bond donors (Lipinski definition) is 3. The third-order valence-corrected chi connectivity index (χ3v) is 2.52. The van der Waals surface area contributed by atoms with Crippen LogP contribution in [0.2, 0.25) is 0 Å². The van der Waals surface area contributed by atoms with E-state index >= 15 is 0 Å². The number of oxazole rings is 1. The van der Waals surface area contributed by atoms with Gasteiger partial charge in [0.2, 0.25) is 5.89 Å². The number of nitrogens with zero attached hydrogens (tertiary/aromatic N) is 3. The Hall–Kier alpha value is -2.48. The first kappa shape index (κ1) is 13.0. The summed E-state index contributed by atoms with van der Waals surface area (Å²) in [5.41, 5.74) is 3.33. The highest BCUT2D eigenvalue weighted by Crippen LogP contribution is 2.08. The number of carbonyl (C=O) groups excluding carboxylic acids is 1. The molecule has 0 aliphatic carbocycles. The minimum Gasteiger partial charge on any atom is -0.444 e. The number of hydrazine groups is 1. The molecule has 2 aromatic heterocycles. The number of nitrogens with two attached hydrogens (primary N) is 1. The molecule has 0 unspecified atom stereocenters. The Bertz CT molecular complexity index is 558. The molecule has 0 aliphatic rings. The van der Waals surface area contributed by atoms with Crippen LogP contribution in [0.5, 0.6) is 0 Å². The van der Waals surface area contributed by atoms with Crippen molar-refractivity contribution < 1.29 is 9.21 Å². The number of anilines is 1. The van der Waals surface area contributed by atoms with E-state index in [1.54, 1.807) is 6.07 Å². The maximum absolute atomic E-state index is 11.8. The molecule has 4 N–H and O–H groups in total. The van der Waals surface area contributed by atoms with Crippen LogP contribution in [0.1, 0.15) is 27.8 Å². The SMILES string of the molecule is Cc1nc(CNC(=O)c2ccc(NN)nn2)oc1C. The van der Waals surface area contributed by atoms with Gasteiger partial charge >= 0.3 is 0 Å². The zero-order valence-electron chi connectivity index (χ0n) is 10.6. The molecule has 0 saturated heterocycles. The Labute approximate surface area is 109 Å². The zero-order chi connectivity index (χ0) is 13.8.